The Hall–Kier alpha value is -1.77. The monoisotopic (exact) mass is 300 g/mol. The maximum atomic E-state index is 14.0. The summed E-state index contributed by atoms with van der Waals surface area (Å²) < 4.78 is 20.0. The van der Waals surface area contributed by atoms with E-state index in [2.05, 4.69) is 4.98 Å². The van der Waals surface area contributed by atoms with Gasteiger partial charge in [-0.05, 0) is 6.42 Å². The Kier molecular flexibility index (Phi) is 4.71. The van der Waals surface area contributed by atoms with Crippen molar-refractivity contribution in [2.75, 3.05) is 6.61 Å². The molecule has 1 fully saturated rings. The number of rotatable bonds is 4. The van der Waals surface area contributed by atoms with Crippen molar-refractivity contribution in [2.24, 2.45) is 0 Å². The highest BCUT2D eigenvalue weighted by Crippen LogP contribution is 2.30. The Morgan fingerprint density at radius 3 is 2.81 bits per heavy atom. The lowest BCUT2D eigenvalue weighted by molar-refractivity contribution is -0.0491. The Morgan fingerprint density at radius 2 is 2.24 bits per heavy atom. The Morgan fingerprint density at radius 1 is 1.52 bits per heavy atom. The molecule has 7 nitrogen and oxygen atoms in total. The second kappa shape index (κ2) is 6.33. The second-order valence-corrected chi connectivity index (χ2v) is 4.74. The third-order valence-electron chi connectivity index (χ3n) is 3.28. The molecule has 0 radical (unpaired) electrons. The van der Waals surface area contributed by atoms with Gasteiger partial charge >= 0.3 is 5.69 Å². The number of allylic oxidation sites excluding steroid dienone is 1. The van der Waals surface area contributed by atoms with Crippen LogP contribution in [0.3, 0.4) is 0 Å². The Balaban J connectivity index is 2.42. The van der Waals surface area contributed by atoms with Crippen molar-refractivity contribution in [3.05, 3.63) is 38.7 Å². The molecule has 1 aromatic heterocycles. The molecule has 116 valence electrons. The van der Waals surface area contributed by atoms with Gasteiger partial charge in [0.05, 0.1) is 12.2 Å². The van der Waals surface area contributed by atoms with E-state index in [0.717, 1.165) is 4.57 Å². The molecular weight excluding hydrogens is 283 g/mol. The molecule has 4 atom stereocenters. The number of nitrogens with one attached hydrogen (secondary N) is 1. The Labute approximate surface area is 119 Å². The largest absolute Gasteiger partial charge is 0.394 e. The highest BCUT2D eigenvalue weighted by atomic mass is 19.1. The minimum absolute atomic E-state index is 0.175. The van der Waals surface area contributed by atoms with Crippen LogP contribution in [0.4, 0.5) is 4.39 Å². The van der Waals surface area contributed by atoms with Crippen LogP contribution >= 0.6 is 0 Å². The first kappa shape index (κ1) is 15.6. The van der Waals surface area contributed by atoms with Gasteiger partial charge in [0.2, 0.25) is 0 Å². The fourth-order valence-electron chi connectivity index (χ4n) is 2.13. The summed E-state index contributed by atoms with van der Waals surface area (Å²) in [5, 5.41) is 18.6. The van der Waals surface area contributed by atoms with Crippen molar-refractivity contribution < 1.29 is 19.3 Å². The van der Waals surface area contributed by atoms with Gasteiger partial charge in [-0.3, -0.25) is 14.3 Å². The number of hydrogen-bond donors (Lipinski definition) is 3. The normalized spacial score (nSPS) is 29.3. The summed E-state index contributed by atoms with van der Waals surface area (Å²) in [7, 11) is 0. The van der Waals surface area contributed by atoms with Crippen LogP contribution in [0.25, 0.3) is 6.08 Å². The minimum atomic E-state index is -1.88. The molecule has 0 spiro atoms. The van der Waals surface area contributed by atoms with Crippen molar-refractivity contribution in [3.8, 4) is 0 Å². The third-order valence-corrected chi connectivity index (χ3v) is 3.28. The molecule has 8 heteroatoms. The second-order valence-electron chi connectivity index (χ2n) is 4.74. The van der Waals surface area contributed by atoms with Crippen molar-refractivity contribution in [1.82, 2.24) is 9.55 Å². The van der Waals surface area contributed by atoms with Gasteiger partial charge in [0.15, 0.2) is 12.4 Å². The summed E-state index contributed by atoms with van der Waals surface area (Å²) in [6.45, 7) is 1.30. The molecule has 0 amide bonds. The molecule has 4 unspecified atom stereocenters. The zero-order chi connectivity index (χ0) is 15.6. The number of halogens is 1. The number of ether oxygens (including phenoxy) is 1. The average molecular weight is 300 g/mol. The number of hydrogen-bond acceptors (Lipinski definition) is 5. The fraction of sp³-hybridized carbons (Fsp3) is 0.538. The molecule has 1 aromatic rings. The smallest absolute Gasteiger partial charge is 0.330 e. The highest BCUT2D eigenvalue weighted by Gasteiger charge is 2.45. The van der Waals surface area contributed by atoms with Crippen LogP contribution in [0.5, 0.6) is 0 Å². The van der Waals surface area contributed by atoms with E-state index < -0.39 is 42.5 Å². The molecule has 0 saturated carbocycles. The van der Waals surface area contributed by atoms with Crippen LogP contribution in [-0.2, 0) is 4.74 Å². The molecule has 3 N–H and O–H groups in total. The number of aromatic amines is 1. The van der Waals surface area contributed by atoms with Gasteiger partial charge in [-0.25, -0.2) is 9.18 Å². The number of nitrogens with zero attached hydrogens (tertiary/aromatic N) is 1. The van der Waals surface area contributed by atoms with Crippen LogP contribution in [0.1, 0.15) is 25.1 Å². The van der Waals surface area contributed by atoms with Crippen LogP contribution in [0.15, 0.2) is 21.9 Å². The van der Waals surface area contributed by atoms with E-state index in [1.54, 1.807) is 6.08 Å². The first-order valence-electron chi connectivity index (χ1n) is 6.60. The molecule has 1 aliphatic rings. The summed E-state index contributed by atoms with van der Waals surface area (Å²) in [6, 6.07) is 0. The van der Waals surface area contributed by atoms with Crippen molar-refractivity contribution in [3.63, 3.8) is 0 Å². The van der Waals surface area contributed by atoms with Crippen LogP contribution in [-0.4, -0.2) is 44.8 Å². The molecule has 2 heterocycles. The van der Waals surface area contributed by atoms with E-state index in [4.69, 9.17) is 9.84 Å². The molecule has 1 saturated heterocycles. The summed E-state index contributed by atoms with van der Waals surface area (Å²) in [5.41, 5.74) is -1.25. The molecule has 1 aliphatic heterocycles. The van der Waals surface area contributed by atoms with Gasteiger partial charge < -0.3 is 14.9 Å². The van der Waals surface area contributed by atoms with Crippen molar-refractivity contribution in [2.45, 2.75) is 38.0 Å². The fourth-order valence-corrected chi connectivity index (χ4v) is 2.13. The maximum absolute atomic E-state index is 14.0. The predicted molar refractivity (Wildman–Crippen MR) is 72.5 cm³/mol. The van der Waals surface area contributed by atoms with Gasteiger partial charge in [0, 0.05) is 6.20 Å². The molecule has 0 aliphatic carbocycles. The molecule has 0 bridgehead atoms. The van der Waals surface area contributed by atoms with E-state index in [1.807, 2.05) is 6.92 Å². The zero-order valence-corrected chi connectivity index (χ0v) is 11.4. The molecule has 0 aromatic carbocycles. The van der Waals surface area contributed by atoms with Gasteiger partial charge in [0.1, 0.15) is 12.2 Å². The first-order valence-corrected chi connectivity index (χ1v) is 6.60. The third kappa shape index (κ3) is 2.97. The quantitative estimate of drug-likeness (QED) is 0.698. The summed E-state index contributed by atoms with van der Waals surface area (Å²) in [6.07, 6.45) is -0.826. The summed E-state index contributed by atoms with van der Waals surface area (Å²) in [5.74, 6) is 0. The van der Waals surface area contributed by atoms with E-state index in [-0.39, 0.29) is 5.56 Å². The number of aliphatic hydroxyl groups is 2. The van der Waals surface area contributed by atoms with E-state index in [0.29, 0.717) is 6.42 Å². The SMILES string of the molecule is CCC=Cc1cn(C2OC(CO)C(O)C2F)c(=O)[nH]c1=O. The summed E-state index contributed by atoms with van der Waals surface area (Å²) >= 11 is 0. The van der Waals surface area contributed by atoms with Crippen LogP contribution in [0, 0.1) is 0 Å². The first-order chi connectivity index (χ1) is 9.99. The van der Waals surface area contributed by atoms with Gasteiger partial charge in [-0.15, -0.1) is 0 Å². The van der Waals surface area contributed by atoms with Gasteiger partial charge in [-0.1, -0.05) is 19.1 Å². The number of aliphatic hydroxyl groups excluding tert-OH is 2. The number of H-pyrrole nitrogens is 1. The maximum Gasteiger partial charge on any atom is 0.330 e. The summed E-state index contributed by atoms with van der Waals surface area (Å²) in [4.78, 5) is 25.5. The lowest BCUT2D eigenvalue weighted by Gasteiger charge is -2.16. The lowest BCUT2D eigenvalue weighted by Crippen LogP contribution is -2.36. The Bertz CT molecular complexity index is 638. The lowest BCUT2D eigenvalue weighted by atomic mass is 10.1. The predicted octanol–water partition coefficient (Wildman–Crippen LogP) is -0.452. The van der Waals surface area contributed by atoms with E-state index >= 15 is 0 Å². The van der Waals surface area contributed by atoms with Crippen molar-refractivity contribution in [1.29, 1.82) is 0 Å². The number of aromatic nitrogens is 2. The van der Waals surface area contributed by atoms with Crippen LogP contribution in [0.2, 0.25) is 0 Å². The average Bonchev–Trinajstić information content (AvgIpc) is 2.74. The van der Waals surface area contributed by atoms with E-state index in [1.165, 1.54) is 12.3 Å². The van der Waals surface area contributed by atoms with Crippen LogP contribution < -0.4 is 11.2 Å². The van der Waals surface area contributed by atoms with Gasteiger partial charge in [0.25, 0.3) is 5.56 Å². The van der Waals surface area contributed by atoms with E-state index in [9.17, 15) is 19.1 Å². The molecule has 21 heavy (non-hydrogen) atoms. The number of alkyl halides is 1. The van der Waals surface area contributed by atoms with Gasteiger partial charge in [-0.2, -0.15) is 0 Å². The minimum Gasteiger partial charge on any atom is -0.394 e. The molecular formula is C13H17FN2O5. The topological polar surface area (TPSA) is 105 Å². The zero-order valence-electron chi connectivity index (χ0n) is 11.4. The molecule has 2 rings (SSSR count). The highest BCUT2D eigenvalue weighted by molar-refractivity contribution is 5.46. The van der Waals surface area contributed by atoms with Crippen molar-refractivity contribution >= 4 is 6.08 Å². The standard InChI is InChI=1S/C13H17FN2O5/c1-2-3-4-7-5-16(13(20)15-11(7)19)12-9(14)10(18)8(6-17)21-12/h3-5,8-10,12,17-18H,2,6H2,1H3,(H,15,19,20).